The monoisotopic (exact) mass is 405 g/mol. The minimum Gasteiger partial charge on any atom is -0.355 e. The van der Waals surface area contributed by atoms with Crippen LogP contribution in [0.15, 0.2) is 54.6 Å². The van der Waals surface area contributed by atoms with Crippen LogP contribution in [0.4, 0.5) is 4.39 Å². The molecule has 1 aliphatic heterocycles. The molecule has 1 aliphatic rings. The fourth-order valence-corrected chi connectivity index (χ4v) is 4.78. The van der Waals surface area contributed by atoms with Crippen LogP contribution in [0.2, 0.25) is 0 Å². The van der Waals surface area contributed by atoms with E-state index in [1.165, 1.54) is 20.7 Å². The molecule has 1 saturated heterocycles. The third kappa shape index (κ3) is 5.37. The van der Waals surface area contributed by atoms with Crippen molar-refractivity contribution in [2.45, 2.75) is 19.4 Å². The van der Waals surface area contributed by atoms with Gasteiger partial charge in [0.15, 0.2) is 0 Å². The van der Waals surface area contributed by atoms with Crippen LogP contribution in [0.25, 0.3) is 0 Å². The number of hydrogen-bond acceptors (Lipinski definition) is 3. The number of benzene rings is 2. The molecule has 3 rings (SSSR count). The molecule has 0 aliphatic carbocycles. The first-order valence-corrected chi connectivity index (χ1v) is 10.6. The third-order valence-electron chi connectivity index (χ3n) is 4.64. The maximum absolute atomic E-state index is 13.0. The summed E-state index contributed by atoms with van der Waals surface area (Å²) in [6.45, 7) is 1.11. The maximum Gasteiger partial charge on any atom is 0.282 e. The summed E-state index contributed by atoms with van der Waals surface area (Å²) in [6, 6.07) is 15.5. The van der Waals surface area contributed by atoms with Crippen LogP contribution in [-0.2, 0) is 28.0 Å². The number of carbonyl (C=O) groups is 1. The van der Waals surface area contributed by atoms with Crippen molar-refractivity contribution >= 4 is 16.1 Å². The van der Waals surface area contributed by atoms with Gasteiger partial charge in [0.05, 0.1) is 6.54 Å². The Bertz CT molecular complexity index is 889. The minimum absolute atomic E-state index is 0.161. The molecule has 2 aromatic carbocycles. The van der Waals surface area contributed by atoms with Crippen molar-refractivity contribution in [2.75, 3.05) is 26.2 Å². The maximum atomic E-state index is 13.0. The van der Waals surface area contributed by atoms with E-state index in [4.69, 9.17) is 0 Å². The van der Waals surface area contributed by atoms with Gasteiger partial charge in [0, 0.05) is 26.2 Å². The SMILES string of the molecule is O=C(CN1CCCN(Cc2ccc(F)cc2)S1(=O)=O)NCCc1ccccc1. The van der Waals surface area contributed by atoms with Crippen LogP contribution < -0.4 is 5.32 Å². The largest absolute Gasteiger partial charge is 0.355 e. The third-order valence-corrected chi connectivity index (χ3v) is 6.57. The highest BCUT2D eigenvalue weighted by atomic mass is 32.2. The Balaban J connectivity index is 1.54. The number of nitrogens with one attached hydrogen (secondary N) is 1. The van der Waals surface area contributed by atoms with E-state index in [1.807, 2.05) is 30.3 Å². The van der Waals surface area contributed by atoms with Crippen LogP contribution in [-0.4, -0.2) is 49.1 Å². The first-order chi connectivity index (χ1) is 13.4. The molecule has 0 atom stereocenters. The summed E-state index contributed by atoms with van der Waals surface area (Å²) in [6.07, 6.45) is 1.33. The molecule has 8 heteroatoms. The molecule has 0 aromatic heterocycles. The number of amides is 1. The lowest BCUT2D eigenvalue weighted by atomic mass is 10.1. The van der Waals surface area contributed by atoms with Crippen molar-refractivity contribution in [1.29, 1.82) is 0 Å². The zero-order valence-corrected chi connectivity index (χ0v) is 16.4. The highest BCUT2D eigenvalue weighted by Gasteiger charge is 2.34. The first kappa shape index (κ1) is 20.4. The highest BCUT2D eigenvalue weighted by Crippen LogP contribution is 2.19. The molecule has 0 saturated carbocycles. The van der Waals surface area contributed by atoms with Crippen molar-refractivity contribution in [3.8, 4) is 0 Å². The summed E-state index contributed by atoms with van der Waals surface area (Å²) in [5.74, 6) is -0.679. The number of carbonyl (C=O) groups excluding carboxylic acids is 1. The van der Waals surface area contributed by atoms with Gasteiger partial charge in [0.1, 0.15) is 5.82 Å². The highest BCUT2D eigenvalue weighted by molar-refractivity contribution is 7.86. The number of hydrogen-bond donors (Lipinski definition) is 1. The second-order valence-corrected chi connectivity index (χ2v) is 8.67. The van der Waals surface area contributed by atoms with Crippen LogP contribution >= 0.6 is 0 Å². The molecule has 1 amide bonds. The molecule has 0 radical (unpaired) electrons. The Morgan fingerprint density at radius 3 is 2.36 bits per heavy atom. The Kier molecular flexibility index (Phi) is 6.77. The van der Waals surface area contributed by atoms with E-state index < -0.39 is 10.2 Å². The van der Waals surface area contributed by atoms with Crippen LogP contribution in [0.3, 0.4) is 0 Å². The molecule has 150 valence electrons. The van der Waals surface area contributed by atoms with Crippen LogP contribution in [0, 0.1) is 5.82 Å². The Morgan fingerprint density at radius 1 is 0.964 bits per heavy atom. The van der Waals surface area contributed by atoms with Crippen molar-refractivity contribution in [3.63, 3.8) is 0 Å². The molecule has 1 heterocycles. The van der Waals surface area contributed by atoms with Gasteiger partial charge in [-0.3, -0.25) is 4.79 Å². The van der Waals surface area contributed by atoms with Gasteiger partial charge < -0.3 is 5.32 Å². The molecule has 28 heavy (non-hydrogen) atoms. The van der Waals surface area contributed by atoms with Gasteiger partial charge in [0.2, 0.25) is 5.91 Å². The smallest absolute Gasteiger partial charge is 0.282 e. The predicted octanol–water partition coefficient (Wildman–Crippen LogP) is 1.94. The molecule has 2 aromatic rings. The second kappa shape index (κ2) is 9.27. The lowest BCUT2D eigenvalue weighted by molar-refractivity contribution is -0.121. The normalized spacial score (nSPS) is 17.3. The molecule has 0 unspecified atom stereocenters. The molecule has 1 N–H and O–H groups in total. The predicted molar refractivity (Wildman–Crippen MR) is 105 cm³/mol. The van der Waals surface area contributed by atoms with Gasteiger partial charge >= 0.3 is 0 Å². The summed E-state index contributed by atoms with van der Waals surface area (Å²) < 4.78 is 41.2. The number of halogens is 1. The van der Waals surface area contributed by atoms with Gasteiger partial charge in [-0.25, -0.2) is 4.39 Å². The van der Waals surface area contributed by atoms with Gasteiger partial charge in [-0.15, -0.1) is 0 Å². The molecule has 0 bridgehead atoms. The molecule has 6 nitrogen and oxygen atoms in total. The van der Waals surface area contributed by atoms with E-state index in [1.54, 1.807) is 12.1 Å². The molecular formula is C20H24FN3O3S. The Morgan fingerprint density at radius 2 is 1.64 bits per heavy atom. The van der Waals surface area contributed by atoms with Gasteiger partial charge in [-0.1, -0.05) is 42.5 Å². The van der Waals surface area contributed by atoms with Crippen LogP contribution in [0.1, 0.15) is 17.5 Å². The van der Waals surface area contributed by atoms with E-state index in [2.05, 4.69) is 5.32 Å². The average Bonchev–Trinajstić information content (AvgIpc) is 2.68. The summed E-state index contributed by atoms with van der Waals surface area (Å²) in [4.78, 5) is 12.2. The lowest BCUT2D eigenvalue weighted by Crippen LogP contribution is -2.52. The first-order valence-electron chi connectivity index (χ1n) is 9.25. The number of rotatable bonds is 7. The van der Waals surface area contributed by atoms with Gasteiger partial charge in [-0.05, 0) is 36.1 Å². The van der Waals surface area contributed by atoms with E-state index in [-0.39, 0.29) is 24.8 Å². The summed E-state index contributed by atoms with van der Waals surface area (Å²) >= 11 is 0. The number of nitrogens with zero attached hydrogens (tertiary/aromatic N) is 2. The molecule has 1 fully saturated rings. The topological polar surface area (TPSA) is 69.7 Å². The minimum atomic E-state index is -3.73. The van der Waals surface area contributed by atoms with E-state index in [0.717, 1.165) is 5.56 Å². The van der Waals surface area contributed by atoms with Crippen molar-refractivity contribution < 1.29 is 17.6 Å². The van der Waals surface area contributed by atoms with Crippen molar-refractivity contribution in [3.05, 3.63) is 71.5 Å². The van der Waals surface area contributed by atoms with Crippen LogP contribution in [0.5, 0.6) is 0 Å². The van der Waals surface area contributed by atoms with Crippen molar-refractivity contribution in [1.82, 2.24) is 13.9 Å². The zero-order valence-electron chi connectivity index (χ0n) is 15.6. The standard InChI is InChI=1S/C20H24FN3O3S/c21-19-9-7-18(8-10-19)15-23-13-4-14-24(28(23,26)27)16-20(25)22-12-11-17-5-2-1-3-6-17/h1-3,5-10H,4,11-16H2,(H,22,25). The summed E-state index contributed by atoms with van der Waals surface area (Å²) in [7, 11) is -3.73. The zero-order chi connectivity index (χ0) is 20.0. The van der Waals surface area contributed by atoms with Gasteiger partial charge in [0.25, 0.3) is 10.2 Å². The Labute approximate surface area is 165 Å². The fraction of sp³-hybridized carbons (Fsp3) is 0.350. The molecular weight excluding hydrogens is 381 g/mol. The second-order valence-electron chi connectivity index (χ2n) is 6.74. The summed E-state index contributed by atoms with van der Waals surface area (Å²) in [5, 5.41) is 2.78. The average molecular weight is 405 g/mol. The molecule has 0 spiro atoms. The fourth-order valence-electron chi connectivity index (χ4n) is 3.14. The van der Waals surface area contributed by atoms with Crippen molar-refractivity contribution in [2.24, 2.45) is 0 Å². The van der Waals surface area contributed by atoms with E-state index in [0.29, 0.717) is 38.0 Å². The quantitative estimate of drug-likeness (QED) is 0.765. The van der Waals surface area contributed by atoms with E-state index in [9.17, 15) is 17.6 Å². The van der Waals surface area contributed by atoms with E-state index >= 15 is 0 Å². The summed E-state index contributed by atoms with van der Waals surface area (Å²) in [5.41, 5.74) is 1.82. The Hall–Kier alpha value is -2.29. The van der Waals surface area contributed by atoms with Gasteiger partial charge in [-0.2, -0.15) is 17.0 Å². The lowest BCUT2D eigenvalue weighted by Gasteiger charge is -2.34.